The maximum Gasteiger partial charge on any atom is 0.340 e. The van der Waals surface area contributed by atoms with Gasteiger partial charge in [0.1, 0.15) is 0 Å². The number of para-hydroxylation sites is 1. The number of fused-ring (bicyclic) bond motifs is 3. The second-order valence-corrected chi connectivity index (χ2v) is 8.50. The van der Waals surface area contributed by atoms with Gasteiger partial charge in [-0.3, -0.25) is 4.79 Å². The van der Waals surface area contributed by atoms with E-state index >= 15 is 0 Å². The lowest BCUT2D eigenvalue weighted by Gasteiger charge is -2.19. The molecule has 0 radical (unpaired) electrons. The maximum atomic E-state index is 13.8. The number of nitrogens with one attached hydrogen (secondary N) is 1. The molecule has 0 saturated heterocycles. The first-order valence-corrected chi connectivity index (χ1v) is 11.5. The van der Waals surface area contributed by atoms with Crippen LogP contribution in [0.25, 0.3) is 32.4 Å². The molecule has 0 fully saturated rings. The van der Waals surface area contributed by atoms with Gasteiger partial charge in [0, 0.05) is 28.2 Å². The van der Waals surface area contributed by atoms with Gasteiger partial charge in [-0.15, -0.1) is 0 Å². The van der Waals surface area contributed by atoms with Crippen molar-refractivity contribution in [2.75, 3.05) is 0 Å². The lowest BCUT2D eigenvalue weighted by Crippen LogP contribution is -2.20. The van der Waals surface area contributed by atoms with Crippen LogP contribution in [0.2, 0.25) is 0 Å². The third-order valence-corrected chi connectivity index (χ3v) is 6.40. The Labute approximate surface area is 201 Å². The molecule has 1 N–H and O–H groups in total. The summed E-state index contributed by atoms with van der Waals surface area (Å²) in [5.41, 5.74) is 2.44. The number of aromatic nitrogens is 1. The predicted molar refractivity (Wildman–Crippen MR) is 139 cm³/mol. The molecule has 0 aliphatic rings. The van der Waals surface area contributed by atoms with Gasteiger partial charge in [0.15, 0.2) is 6.10 Å². The Bertz CT molecular complexity index is 1660. The first-order valence-electron chi connectivity index (χ1n) is 11.5. The van der Waals surface area contributed by atoms with Crippen molar-refractivity contribution >= 4 is 44.2 Å². The Morgan fingerprint density at radius 1 is 0.657 bits per heavy atom. The molecule has 0 aliphatic carbocycles. The fourth-order valence-electron chi connectivity index (χ4n) is 4.72. The topological polar surface area (TPSA) is 59.2 Å². The van der Waals surface area contributed by atoms with Crippen molar-refractivity contribution in [2.45, 2.75) is 6.10 Å². The number of ether oxygens (including phenoxy) is 1. The van der Waals surface area contributed by atoms with Crippen molar-refractivity contribution in [1.82, 2.24) is 4.98 Å². The van der Waals surface area contributed by atoms with Crippen molar-refractivity contribution in [3.8, 4) is 0 Å². The van der Waals surface area contributed by atoms with Crippen molar-refractivity contribution in [2.24, 2.45) is 0 Å². The fraction of sp³-hybridized carbons (Fsp3) is 0.0323. The minimum Gasteiger partial charge on any atom is -0.445 e. The number of ketones is 1. The van der Waals surface area contributed by atoms with Gasteiger partial charge in [-0.05, 0) is 33.7 Å². The summed E-state index contributed by atoms with van der Waals surface area (Å²) in [4.78, 5) is 30.8. The number of aromatic amines is 1. The largest absolute Gasteiger partial charge is 0.445 e. The Kier molecular flexibility index (Phi) is 5.12. The normalized spacial score (nSPS) is 12.1. The molecule has 5 aromatic carbocycles. The Balaban J connectivity index is 1.48. The minimum absolute atomic E-state index is 0.272. The molecule has 6 rings (SSSR count). The highest BCUT2D eigenvalue weighted by molar-refractivity contribution is 6.17. The number of Topliss-reactive ketones (excluding diaryl/α,β-unsaturated/α-hetero) is 1. The summed E-state index contributed by atoms with van der Waals surface area (Å²) in [6, 6.07) is 34.3. The molecule has 0 bridgehead atoms. The van der Waals surface area contributed by atoms with E-state index in [2.05, 4.69) is 11.1 Å². The van der Waals surface area contributed by atoms with Crippen LogP contribution in [0.1, 0.15) is 32.4 Å². The van der Waals surface area contributed by atoms with E-state index in [9.17, 15) is 9.59 Å². The molecule has 6 aromatic rings. The standard InChI is InChI=1S/C31H21NO3/c33-29(26-19-32-27-17-9-8-16-25(26)27)30(20-10-2-1-3-11-20)35-31(34)28-23-14-6-4-12-21(23)18-22-13-5-7-15-24(22)28/h1-19,30,32H/t30-/m0/s1. The highest BCUT2D eigenvalue weighted by Crippen LogP contribution is 2.32. The number of carbonyl (C=O) groups excluding carboxylic acids is 2. The number of H-pyrrole nitrogens is 1. The quantitative estimate of drug-likeness (QED) is 0.169. The Hall–Kier alpha value is -4.70. The average molecular weight is 456 g/mol. The summed E-state index contributed by atoms with van der Waals surface area (Å²) in [6.45, 7) is 0. The second-order valence-electron chi connectivity index (χ2n) is 8.50. The van der Waals surface area contributed by atoms with Crippen LogP contribution in [0.15, 0.2) is 115 Å². The maximum absolute atomic E-state index is 13.8. The van der Waals surface area contributed by atoms with E-state index in [4.69, 9.17) is 4.74 Å². The molecule has 35 heavy (non-hydrogen) atoms. The predicted octanol–water partition coefficient (Wildman–Crippen LogP) is 7.26. The second kappa shape index (κ2) is 8.58. The van der Waals surface area contributed by atoms with E-state index in [0.717, 1.165) is 32.4 Å². The molecule has 1 heterocycles. The highest BCUT2D eigenvalue weighted by atomic mass is 16.5. The third kappa shape index (κ3) is 3.65. The molecular weight excluding hydrogens is 434 g/mol. The average Bonchev–Trinajstić information content (AvgIpc) is 3.34. The van der Waals surface area contributed by atoms with E-state index < -0.39 is 12.1 Å². The molecule has 1 aromatic heterocycles. The van der Waals surface area contributed by atoms with Crippen LogP contribution < -0.4 is 0 Å². The van der Waals surface area contributed by atoms with Crippen LogP contribution in [0.4, 0.5) is 0 Å². The van der Waals surface area contributed by atoms with E-state index in [1.54, 1.807) is 6.20 Å². The van der Waals surface area contributed by atoms with E-state index in [-0.39, 0.29) is 5.78 Å². The van der Waals surface area contributed by atoms with Gasteiger partial charge in [-0.2, -0.15) is 0 Å². The molecule has 168 valence electrons. The number of carbonyl (C=O) groups is 2. The zero-order chi connectivity index (χ0) is 23.8. The summed E-state index contributed by atoms with van der Waals surface area (Å²) in [6.07, 6.45) is 0.602. The van der Waals surface area contributed by atoms with Crippen LogP contribution in [-0.2, 0) is 4.74 Å². The molecule has 4 heteroatoms. The molecule has 0 unspecified atom stereocenters. The van der Waals surface area contributed by atoms with Crippen LogP contribution >= 0.6 is 0 Å². The summed E-state index contributed by atoms with van der Waals surface area (Å²) in [5, 5.41) is 4.27. The van der Waals surface area contributed by atoms with E-state index in [1.165, 1.54) is 0 Å². The van der Waals surface area contributed by atoms with Gasteiger partial charge >= 0.3 is 5.97 Å². The zero-order valence-corrected chi connectivity index (χ0v) is 18.8. The van der Waals surface area contributed by atoms with Crippen molar-refractivity contribution in [3.05, 3.63) is 132 Å². The fourth-order valence-corrected chi connectivity index (χ4v) is 4.72. The lowest BCUT2D eigenvalue weighted by atomic mass is 9.96. The van der Waals surface area contributed by atoms with Gasteiger partial charge in [-0.1, -0.05) is 97.1 Å². The van der Waals surface area contributed by atoms with Crippen LogP contribution in [0.5, 0.6) is 0 Å². The summed E-state index contributed by atoms with van der Waals surface area (Å²) in [7, 11) is 0. The first kappa shape index (κ1) is 20.9. The minimum atomic E-state index is -1.08. The molecule has 0 saturated carbocycles. The number of esters is 1. The third-order valence-electron chi connectivity index (χ3n) is 6.40. The molecule has 1 atom stereocenters. The van der Waals surface area contributed by atoms with Crippen molar-refractivity contribution < 1.29 is 14.3 Å². The zero-order valence-electron chi connectivity index (χ0n) is 18.8. The monoisotopic (exact) mass is 455 g/mol. The van der Waals surface area contributed by atoms with Crippen molar-refractivity contribution in [3.63, 3.8) is 0 Å². The highest BCUT2D eigenvalue weighted by Gasteiger charge is 2.29. The molecule has 0 amide bonds. The number of hydrogen-bond acceptors (Lipinski definition) is 3. The molecule has 0 spiro atoms. The Morgan fingerprint density at radius 2 is 1.23 bits per heavy atom. The SMILES string of the molecule is O=C(O[C@H](C(=O)c1c[nH]c2ccccc12)c1ccccc1)c1c2ccccc2cc2ccccc12. The van der Waals surface area contributed by atoms with Gasteiger partial charge in [0.05, 0.1) is 5.56 Å². The number of hydrogen-bond donors (Lipinski definition) is 1. The number of rotatable bonds is 5. The van der Waals surface area contributed by atoms with Crippen LogP contribution in [0.3, 0.4) is 0 Å². The van der Waals surface area contributed by atoms with Crippen LogP contribution in [0, 0.1) is 0 Å². The van der Waals surface area contributed by atoms with E-state index in [1.807, 2.05) is 103 Å². The van der Waals surface area contributed by atoms with Gasteiger partial charge in [0.25, 0.3) is 0 Å². The van der Waals surface area contributed by atoms with Gasteiger partial charge in [-0.25, -0.2) is 4.79 Å². The summed E-state index contributed by atoms with van der Waals surface area (Å²) < 4.78 is 6.07. The number of benzene rings is 5. The Morgan fingerprint density at radius 3 is 1.91 bits per heavy atom. The summed E-state index contributed by atoms with van der Waals surface area (Å²) in [5.74, 6) is -0.799. The molecular formula is C31H21NO3. The summed E-state index contributed by atoms with van der Waals surface area (Å²) >= 11 is 0. The van der Waals surface area contributed by atoms with Gasteiger partial charge < -0.3 is 9.72 Å². The lowest BCUT2D eigenvalue weighted by molar-refractivity contribution is 0.0284. The van der Waals surface area contributed by atoms with Crippen LogP contribution in [-0.4, -0.2) is 16.7 Å². The van der Waals surface area contributed by atoms with Gasteiger partial charge in [0.2, 0.25) is 5.78 Å². The first-order chi connectivity index (χ1) is 17.2. The van der Waals surface area contributed by atoms with E-state index in [0.29, 0.717) is 16.7 Å². The van der Waals surface area contributed by atoms with Crippen molar-refractivity contribution in [1.29, 1.82) is 0 Å². The molecule has 0 aliphatic heterocycles. The smallest absolute Gasteiger partial charge is 0.340 e. The molecule has 4 nitrogen and oxygen atoms in total.